The lowest BCUT2D eigenvalue weighted by Gasteiger charge is -2.33. The zero-order valence-electron chi connectivity index (χ0n) is 15.0. The van der Waals surface area contributed by atoms with Crippen LogP contribution in [0.5, 0.6) is 0 Å². The fourth-order valence-corrected chi connectivity index (χ4v) is 3.14. The molecule has 2 aliphatic carbocycles. The molecule has 0 aliphatic heterocycles. The van der Waals surface area contributed by atoms with Gasteiger partial charge in [-0.25, -0.2) is 9.59 Å². The average molecular weight is 349 g/mol. The molecule has 1 fully saturated rings. The number of hydrogen-bond acceptors (Lipinski definition) is 4. The summed E-state index contributed by atoms with van der Waals surface area (Å²) in [6.07, 6.45) is 11.4. The molecule has 2 aliphatic rings. The van der Waals surface area contributed by atoms with Crippen molar-refractivity contribution in [1.82, 2.24) is 4.90 Å². The molecule has 6 nitrogen and oxygen atoms in total. The second-order valence-corrected chi connectivity index (χ2v) is 6.40. The van der Waals surface area contributed by atoms with Gasteiger partial charge in [-0.3, -0.25) is 4.90 Å². The summed E-state index contributed by atoms with van der Waals surface area (Å²) in [4.78, 5) is 21.2. The molecule has 2 rings (SSSR count). The van der Waals surface area contributed by atoms with Crippen LogP contribution in [-0.2, 0) is 9.59 Å². The zero-order valence-corrected chi connectivity index (χ0v) is 15.0. The molecule has 138 valence electrons. The van der Waals surface area contributed by atoms with Crippen LogP contribution in [0.3, 0.4) is 0 Å². The molecule has 6 heteroatoms. The van der Waals surface area contributed by atoms with E-state index < -0.39 is 11.9 Å². The van der Waals surface area contributed by atoms with Gasteiger partial charge in [0.1, 0.15) is 5.76 Å². The Balaban J connectivity index is 0.000000333. The number of carbonyl (C=O) groups is 2. The highest BCUT2D eigenvalue weighted by atomic mass is 16.4. The highest BCUT2D eigenvalue weighted by Gasteiger charge is 2.27. The minimum absolute atomic E-state index is 0.0631. The van der Waals surface area contributed by atoms with E-state index >= 15 is 0 Å². The van der Waals surface area contributed by atoms with Gasteiger partial charge in [-0.1, -0.05) is 18.1 Å². The average Bonchev–Trinajstić information content (AvgIpc) is 2.56. The molecule has 0 radical (unpaired) electrons. The molecule has 0 spiro atoms. The smallest absolute Gasteiger partial charge is 0.328 e. The van der Waals surface area contributed by atoms with Gasteiger partial charge in [0.2, 0.25) is 0 Å². The Labute approximate surface area is 148 Å². The maximum Gasteiger partial charge on any atom is 0.328 e. The standard InChI is InChI=1S/C15H23NO.C4H4O4/c1-11-9-10-13(17)15(16(2)3)14(11)12-7-5-4-6-8-12;5-3(6)1-2-4(7)8/h9-10,15,17H,4-8H2,1-3H3;1-2H,(H,5,6)(H,7,8)/b;2-1-. The minimum Gasteiger partial charge on any atom is -0.510 e. The maximum absolute atomic E-state index is 10.1. The van der Waals surface area contributed by atoms with Gasteiger partial charge in [-0.15, -0.1) is 0 Å². The highest BCUT2D eigenvalue weighted by molar-refractivity contribution is 5.89. The van der Waals surface area contributed by atoms with Crippen LogP contribution in [0.1, 0.15) is 39.0 Å². The summed E-state index contributed by atoms with van der Waals surface area (Å²) in [5, 5.41) is 25.7. The summed E-state index contributed by atoms with van der Waals surface area (Å²) in [6, 6.07) is 0.0631. The van der Waals surface area contributed by atoms with Crippen molar-refractivity contribution in [2.45, 2.75) is 45.1 Å². The number of rotatable bonds is 3. The van der Waals surface area contributed by atoms with Gasteiger partial charge in [0.15, 0.2) is 0 Å². The monoisotopic (exact) mass is 349 g/mol. The van der Waals surface area contributed by atoms with E-state index in [0.29, 0.717) is 17.9 Å². The summed E-state index contributed by atoms with van der Waals surface area (Å²) in [5.74, 6) is -2.03. The molecule has 25 heavy (non-hydrogen) atoms. The first-order valence-corrected chi connectivity index (χ1v) is 8.34. The number of aliphatic carboxylic acids is 2. The van der Waals surface area contributed by atoms with Crippen molar-refractivity contribution in [2.75, 3.05) is 14.1 Å². The number of allylic oxidation sites excluding steroid dienone is 3. The lowest BCUT2D eigenvalue weighted by molar-refractivity contribution is -0.134. The van der Waals surface area contributed by atoms with Crippen LogP contribution in [0.25, 0.3) is 0 Å². The third-order valence-corrected chi connectivity index (χ3v) is 4.21. The summed E-state index contributed by atoms with van der Waals surface area (Å²) < 4.78 is 0. The Morgan fingerprint density at radius 2 is 1.56 bits per heavy atom. The largest absolute Gasteiger partial charge is 0.510 e. The van der Waals surface area contributed by atoms with Crippen LogP contribution in [0, 0.1) is 0 Å². The Morgan fingerprint density at radius 3 is 2.00 bits per heavy atom. The van der Waals surface area contributed by atoms with Crippen LogP contribution in [0.15, 0.2) is 46.8 Å². The SMILES string of the molecule is CC1=CC=C(O)C(N(C)C)C1=C1CCCCC1.O=C(O)/C=C\C(=O)O. The van der Waals surface area contributed by atoms with Gasteiger partial charge >= 0.3 is 11.9 Å². The number of likely N-dealkylation sites (N-methyl/N-ethyl adjacent to an activating group) is 1. The Morgan fingerprint density at radius 1 is 1.04 bits per heavy atom. The van der Waals surface area contributed by atoms with E-state index in [9.17, 15) is 14.7 Å². The van der Waals surface area contributed by atoms with Crippen LogP contribution in [0.2, 0.25) is 0 Å². The third-order valence-electron chi connectivity index (χ3n) is 4.21. The van der Waals surface area contributed by atoms with E-state index in [-0.39, 0.29) is 6.04 Å². The Hall–Kier alpha value is -2.34. The van der Waals surface area contributed by atoms with Crippen molar-refractivity contribution in [2.24, 2.45) is 0 Å². The molecular weight excluding hydrogens is 322 g/mol. The van der Waals surface area contributed by atoms with E-state index in [1.807, 2.05) is 26.2 Å². The van der Waals surface area contributed by atoms with Gasteiger partial charge in [-0.05, 0) is 63.9 Å². The van der Waals surface area contributed by atoms with Crippen molar-refractivity contribution in [3.8, 4) is 0 Å². The lowest BCUT2D eigenvalue weighted by atomic mass is 9.82. The summed E-state index contributed by atoms with van der Waals surface area (Å²) in [6.45, 7) is 2.16. The van der Waals surface area contributed by atoms with E-state index in [4.69, 9.17) is 10.2 Å². The third kappa shape index (κ3) is 6.58. The van der Waals surface area contributed by atoms with E-state index in [1.54, 1.807) is 5.57 Å². The molecule has 0 aromatic rings. The molecule has 0 aromatic carbocycles. The van der Waals surface area contributed by atoms with Crippen molar-refractivity contribution < 1.29 is 24.9 Å². The second kappa shape index (κ2) is 9.84. The first kappa shape index (κ1) is 20.7. The van der Waals surface area contributed by atoms with Gasteiger partial charge in [0.05, 0.1) is 6.04 Å². The predicted molar refractivity (Wildman–Crippen MR) is 96.5 cm³/mol. The normalized spacial score (nSPS) is 20.7. The van der Waals surface area contributed by atoms with Crippen molar-refractivity contribution in [3.63, 3.8) is 0 Å². The zero-order chi connectivity index (χ0) is 19.0. The van der Waals surface area contributed by atoms with E-state index in [1.165, 1.54) is 43.3 Å². The molecule has 0 saturated heterocycles. The van der Waals surface area contributed by atoms with Crippen LogP contribution in [-0.4, -0.2) is 52.3 Å². The van der Waals surface area contributed by atoms with Crippen molar-refractivity contribution in [3.05, 3.63) is 46.8 Å². The second-order valence-electron chi connectivity index (χ2n) is 6.40. The molecule has 0 amide bonds. The number of nitrogens with zero attached hydrogens (tertiary/aromatic N) is 1. The molecule has 0 bridgehead atoms. The number of aliphatic hydroxyl groups is 1. The van der Waals surface area contributed by atoms with E-state index in [0.717, 1.165) is 0 Å². The first-order valence-electron chi connectivity index (χ1n) is 8.34. The fraction of sp³-hybridized carbons (Fsp3) is 0.474. The van der Waals surface area contributed by atoms with Gasteiger partial charge in [-0.2, -0.15) is 0 Å². The highest BCUT2D eigenvalue weighted by Crippen LogP contribution is 2.35. The molecule has 0 heterocycles. The van der Waals surface area contributed by atoms with Crippen LogP contribution < -0.4 is 0 Å². The molecule has 1 saturated carbocycles. The van der Waals surface area contributed by atoms with Gasteiger partial charge in [0, 0.05) is 12.2 Å². The molecular formula is C19H27NO5. The Kier molecular flexibility index (Phi) is 8.15. The first-order chi connectivity index (χ1) is 11.7. The number of carboxylic acids is 2. The number of aliphatic hydroxyl groups excluding tert-OH is 1. The quantitative estimate of drug-likeness (QED) is 0.676. The lowest BCUT2D eigenvalue weighted by Crippen LogP contribution is -2.34. The summed E-state index contributed by atoms with van der Waals surface area (Å²) >= 11 is 0. The van der Waals surface area contributed by atoms with Crippen LogP contribution >= 0.6 is 0 Å². The molecule has 1 unspecified atom stereocenters. The summed E-state index contributed by atoms with van der Waals surface area (Å²) in [5.41, 5.74) is 4.25. The Bertz CT molecular complexity index is 602. The topological polar surface area (TPSA) is 98.1 Å². The van der Waals surface area contributed by atoms with Crippen molar-refractivity contribution >= 4 is 11.9 Å². The number of carboxylic acid groups (broad SMARTS) is 2. The van der Waals surface area contributed by atoms with Crippen LogP contribution in [0.4, 0.5) is 0 Å². The fourth-order valence-electron chi connectivity index (χ4n) is 3.14. The predicted octanol–water partition coefficient (Wildman–Crippen LogP) is 3.29. The van der Waals surface area contributed by atoms with E-state index in [2.05, 4.69) is 11.8 Å². The van der Waals surface area contributed by atoms with Gasteiger partial charge < -0.3 is 15.3 Å². The van der Waals surface area contributed by atoms with Gasteiger partial charge in [0.25, 0.3) is 0 Å². The molecule has 1 atom stereocenters. The number of hydrogen-bond donors (Lipinski definition) is 3. The van der Waals surface area contributed by atoms with Crippen molar-refractivity contribution in [1.29, 1.82) is 0 Å². The minimum atomic E-state index is -1.26. The molecule has 3 N–H and O–H groups in total. The molecule has 0 aromatic heterocycles. The summed E-state index contributed by atoms with van der Waals surface area (Å²) in [7, 11) is 4.08. The maximum atomic E-state index is 10.1.